The molecule has 2 bridgehead atoms. The number of fused-ring (bicyclic) bond motifs is 4. The Balaban J connectivity index is 0.779. The Labute approximate surface area is 450 Å². The lowest BCUT2D eigenvalue weighted by Gasteiger charge is -2.35. The van der Waals surface area contributed by atoms with Gasteiger partial charge in [-0.3, -0.25) is 24.3 Å². The van der Waals surface area contributed by atoms with Crippen LogP contribution in [0, 0.1) is 36.3 Å². The number of benzene rings is 3. The van der Waals surface area contributed by atoms with Crippen molar-refractivity contribution in [2.24, 2.45) is 5.41 Å². The average Bonchev–Trinajstić information content (AvgIpc) is 4.24. The third kappa shape index (κ3) is 11.2. The molecular formula is C58H64F2N10O6S. The monoisotopic (exact) mass is 1070 g/mol. The smallest absolute Gasteiger partial charge is 0.319 e. The summed E-state index contributed by atoms with van der Waals surface area (Å²) >= 11 is 1.58. The van der Waals surface area contributed by atoms with Crippen molar-refractivity contribution in [3.8, 4) is 45.8 Å². The van der Waals surface area contributed by atoms with Crippen molar-refractivity contribution in [2.75, 3.05) is 57.4 Å². The maximum absolute atomic E-state index is 17.2. The van der Waals surface area contributed by atoms with E-state index in [1.54, 1.807) is 16.2 Å². The number of aromatic nitrogens is 4. The number of phenols is 1. The van der Waals surface area contributed by atoms with E-state index in [0.29, 0.717) is 68.6 Å². The lowest BCUT2D eigenvalue weighted by molar-refractivity contribution is -0.144. The third-order valence-corrected chi connectivity index (χ3v) is 16.3. The Kier molecular flexibility index (Phi) is 15.3. The van der Waals surface area contributed by atoms with Gasteiger partial charge in [-0.1, -0.05) is 69.2 Å². The fourth-order valence-electron chi connectivity index (χ4n) is 11.3. The number of phenolic OH excluding ortho intramolecular Hbond substituents is 1. The maximum atomic E-state index is 17.2. The van der Waals surface area contributed by atoms with Crippen molar-refractivity contribution < 1.29 is 37.7 Å². The number of aromatic hydroxyl groups is 1. The van der Waals surface area contributed by atoms with Crippen molar-refractivity contribution in [3.63, 3.8) is 0 Å². The number of aryl methyl sites for hydroxylation is 1. The molecule has 3 aromatic heterocycles. The number of piperazine rings is 1. The molecule has 0 radical (unpaired) electrons. The lowest BCUT2D eigenvalue weighted by atomic mass is 9.85. The van der Waals surface area contributed by atoms with Crippen LogP contribution in [0.25, 0.3) is 43.4 Å². The Hall–Kier alpha value is -7.11. The van der Waals surface area contributed by atoms with Crippen LogP contribution in [0.5, 0.6) is 11.8 Å². The fourth-order valence-corrected chi connectivity index (χ4v) is 12.2. The van der Waals surface area contributed by atoms with Gasteiger partial charge in [0.1, 0.15) is 53.9 Å². The zero-order chi connectivity index (χ0) is 54.3. The molecule has 0 aliphatic carbocycles. The van der Waals surface area contributed by atoms with E-state index in [9.17, 15) is 19.5 Å². The number of ether oxygens (including phenoxy) is 2. The highest BCUT2D eigenvalue weighted by Crippen LogP contribution is 2.40. The second kappa shape index (κ2) is 22.1. The molecule has 4 N–H and O–H groups in total. The topological polar surface area (TPSA) is 187 Å². The molecule has 4 saturated heterocycles. The quantitative estimate of drug-likeness (QED) is 0.0422. The number of hydrogen-bond acceptors (Lipinski definition) is 14. The van der Waals surface area contributed by atoms with Gasteiger partial charge in [0.15, 0.2) is 5.82 Å². The number of pyridine rings is 1. The minimum Gasteiger partial charge on any atom is -0.508 e. The van der Waals surface area contributed by atoms with Crippen molar-refractivity contribution in [3.05, 3.63) is 101 Å². The van der Waals surface area contributed by atoms with Gasteiger partial charge in [-0.15, -0.1) is 17.8 Å². The minimum atomic E-state index is -0.913. The Morgan fingerprint density at radius 3 is 2.52 bits per heavy atom. The molecule has 77 heavy (non-hydrogen) atoms. The van der Waals surface area contributed by atoms with Crippen LogP contribution in [0.3, 0.4) is 0 Å². The molecule has 4 aliphatic rings. The number of hydrogen-bond donors (Lipinski definition) is 4. The first kappa shape index (κ1) is 53.3. The summed E-state index contributed by atoms with van der Waals surface area (Å²) in [6, 6.07) is 11.8. The normalized spacial score (nSPS) is 20.4. The maximum Gasteiger partial charge on any atom is 0.319 e. The number of anilines is 1. The third-order valence-electron chi connectivity index (χ3n) is 15.3. The zero-order valence-corrected chi connectivity index (χ0v) is 44.8. The van der Waals surface area contributed by atoms with Crippen molar-refractivity contribution in [1.29, 1.82) is 0 Å². The zero-order valence-electron chi connectivity index (χ0n) is 44.0. The Bertz CT molecular complexity index is 3290. The van der Waals surface area contributed by atoms with Crippen LogP contribution < -0.4 is 25.6 Å². The van der Waals surface area contributed by atoms with Gasteiger partial charge in [0, 0.05) is 68.0 Å². The molecule has 6 aromatic rings. The van der Waals surface area contributed by atoms with Gasteiger partial charge in [-0.2, -0.15) is 9.97 Å². The SMILES string of the molecule is C#Cc1c(F)ccc2cc(O)cc(-c3ncc4c(N5CC6CCC(C5)N6)nc(OC[C@@H]5CC(=C)CN5CCOCC(=O)N[C@H](C(=O)N5CCC[C@H]5C(=O)N[C@@H](C)c5ccc(-c6scnc6C)cc5)C(C)(C)C)nc4c3F)c12. The minimum absolute atomic E-state index is 0.0431. The van der Waals surface area contributed by atoms with Gasteiger partial charge in [0.25, 0.3) is 0 Å². The Morgan fingerprint density at radius 1 is 1.04 bits per heavy atom. The van der Waals surface area contributed by atoms with Crippen molar-refractivity contribution in [1.82, 2.24) is 45.7 Å². The molecule has 10 rings (SSSR count). The number of nitrogens with zero attached hydrogens (tertiary/aromatic N) is 7. The highest BCUT2D eigenvalue weighted by atomic mass is 32.1. The van der Waals surface area contributed by atoms with E-state index in [1.165, 1.54) is 30.5 Å². The van der Waals surface area contributed by atoms with E-state index in [4.69, 9.17) is 20.9 Å². The lowest BCUT2D eigenvalue weighted by Crippen LogP contribution is -2.58. The molecule has 2 unspecified atom stereocenters. The van der Waals surface area contributed by atoms with Crippen molar-refractivity contribution >= 4 is 56.6 Å². The highest BCUT2D eigenvalue weighted by Gasteiger charge is 2.42. The predicted molar refractivity (Wildman–Crippen MR) is 292 cm³/mol. The van der Waals surface area contributed by atoms with Gasteiger partial charge in [-0.25, -0.2) is 13.8 Å². The van der Waals surface area contributed by atoms with Gasteiger partial charge in [-0.05, 0) is 86.1 Å². The largest absolute Gasteiger partial charge is 0.508 e. The van der Waals surface area contributed by atoms with Crippen LogP contribution in [0.4, 0.5) is 14.6 Å². The summed E-state index contributed by atoms with van der Waals surface area (Å²) in [5, 5.41) is 21.4. The second-order valence-corrected chi connectivity index (χ2v) is 22.7. The molecular weight excluding hydrogens is 1000 g/mol. The molecule has 0 spiro atoms. The van der Waals surface area contributed by atoms with Crippen LogP contribution in [0.15, 0.2) is 72.4 Å². The average molecular weight is 1070 g/mol. The number of thiazole rings is 1. The molecule has 0 saturated carbocycles. The van der Waals surface area contributed by atoms with E-state index in [1.807, 2.05) is 64.4 Å². The van der Waals surface area contributed by atoms with Crippen molar-refractivity contribution in [2.45, 2.75) is 103 Å². The van der Waals surface area contributed by atoms with Gasteiger partial charge >= 0.3 is 6.01 Å². The first-order chi connectivity index (χ1) is 36.9. The highest BCUT2D eigenvalue weighted by molar-refractivity contribution is 7.13. The Morgan fingerprint density at radius 2 is 1.81 bits per heavy atom. The molecule has 4 fully saturated rings. The van der Waals surface area contributed by atoms with E-state index < -0.39 is 35.0 Å². The number of terminal acetylenes is 1. The van der Waals surface area contributed by atoms with E-state index in [2.05, 4.69) is 53.2 Å². The number of nitrogens with one attached hydrogen (secondary N) is 3. The summed E-state index contributed by atoms with van der Waals surface area (Å²) < 4.78 is 44.6. The standard InChI is InChI=1S/C58H64F2N10O6S/c1-8-42-45(59)18-15-37-23-41(71)24-43(48(37)42)50-49(60)51-44(25-61-50)54(69-27-38-16-17-39(28-69)64-38)67-57(66-51)76-29-40-22-32(2)26-68(40)20-21-75-30-47(72)65-53(58(5,6)7)56(74)70-19-9-10-46(70)55(73)63-33(3)35-11-13-36(14-12-35)52-34(4)62-31-77-52/h1,11-15,18,23-25,31,33,38-40,46,53,64,71H,2,9-10,16-17,19-22,26-30H2,3-7H3,(H,63,73)(H,65,72)/t33-,38?,39?,40-,46-,53+/m0/s1. The molecule has 3 aromatic carbocycles. The van der Waals surface area contributed by atoms with Crippen LogP contribution >= 0.6 is 11.3 Å². The van der Waals surface area contributed by atoms with Crippen LogP contribution in [0.2, 0.25) is 0 Å². The number of likely N-dealkylation sites (tertiary alicyclic amines) is 2. The molecule has 6 atom stereocenters. The predicted octanol–water partition coefficient (Wildman–Crippen LogP) is 7.61. The number of carbonyl (C=O) groups is 3. The summed E-state index contributed by atoms with van der Waals surface area (Å²) in [6.45, 7) is 16.5. The van der Waals surface area contributed by atoms with E-state index in [0.717, 1.165) is 40.1 Å². The molecule has 19 heteroatoms. The molecule has 16 nitrogen and oxygen atoms in total. The first-order valence-electron chi connectivity index (χ1n) is 26.2. The van der Waals surface area contributed by atoms with Gasteiger partial charge in [0.2, 0.25) is 17.7 Å². The summed E-state index contributed by atoms with van der Waals surface area (Å²) in [4.78, 5) is 66.9. The molecule has 3 amide bonds. The number of carbonyl (C=O) groups excluding carboxylic acids is 3. The van der Waals surface area contributed by atoms with Crippen LogP contribution in [-0.2, 0) is 19.1 Å². The van der Waals surface area contributed by atoms with Crippen LogP contribution in [0.1, 0.15) is 82.7 Å². The number of amides is 3. The summed E-state index contributed by atoms with van der Waals surface area (Å²) in [5.41, 5.74) is 4.90. The first-order valence-corrected chi connectivity index (χ1v) is 27.1. The molecule has 4 aliphatic heterocycles. The number of halogens is 2. The molecule has 402 valence electrons. The summed E-state index contributed by atoms with van der Waals surface area (Å²) in [5.74, 6) is 0.204. The molecule has 7 heterocycles. The van der Waals surface area contributed by atoms with E-state index >= 15 is 8.78 Å². The van der Waals surface area contributed by atoms with Gasteiger partial charge in [0.05, 0.1) is 39.7 Å². The van der Waals surface area contributed by atoms with Crippen LogP contribution in [-0.4, -0.2) is 135 Å². The number of rotatable bonds is 16. The van der Waals surface area contributed by atoms with E-state index in [-0.39, 0.29) is 95.3 Å². The van der Waals surface area contributed by atoms with Gasteiger partial charge < -0.3 is 40.3 Å². The summed E-state index contributed by atoms with van der Waals surface area (Å²) in [6.07, 6.45) is 11.0. The second-order valence-electron chi connectivity index (χ2n) is 21.8. The fraction of sp³-hybridized carbons (Fsp3) is 0.431. The summed E-state index contributed by atoms with van der Waals surface area (Å²) in [7, 11) is 0.